The fourth-order valence-electron chi connectivity index (χ4n) is 2.03. The number of benzene rings is 1. The van der Waals surface area contributed by atoms with Gasteiger partial charge in [-0.05, 0) is 18.6 Å². The second-order valence-electron chi connectivity index (χ2n) is 4.81. The van der Waals surface area contributed by atoms with E-state index in [9.17, 15) is 14.4 Å². The number of Topliss-reactive ketones (excluding diaryl/α,β-unsaturated/α-hetero) is 2. The predicted molar refractivity (Wildman–Crippen MR) is 67.7 cm³/mol. The molecule has 0 saturated carbocycles. The van der Waals surface area contributed by atoms with Gasteiger partial charge in [-0.15, -0.1) is 0 Å². The van der Waals surface area contributed by atoms with Crippen molar-refractivity contribution < 1.29 is 14.4 Å². The number of amides is 1. The molecule has 1 aliphatic rings. The lowest BCUT2D eigenvalue weighted by atomic mass is 10.1. The van der Waals surface area contributed by atoms with Crippen molar-refractivity contribution in [3.05, 3.63) is 29.3 Å². The summed E-state index contributed by atoms with van der Waals surface area (Å²) in [5, 5.41) is 0. The van der Waals surface area contributed by atoms with Crippen molar-refractivity contribution in [1.29, 1.82) is 0 Å². The molecule has 0 aromatic heterocycles. The van der Waals surface area contributed by atoms with Crippen LogP contribution in [0.15, 0.2) is 18.2 Å². The monoisotopic (exact) mass is 245 g/mol. The molecule has 2 rings (SSSR count). The molecule has 1 amide bonds. The Morgan fingerprint density at radius 3 is 2.56 bits per heavy atom. The number of carbonyl (C=O) groups excluding carboxylic acids is 3. The Balaban J connectivity index is 2.43. The third-order valence-corrected chi connectivity index (χ3v) is 3.15. The summed E-state index contributed by atoms with van der Waals surface area (Å²) in [4.78, 5) is 36.8. The molecule has 0 atom stereocenters. The molecule has 18 heavy (non-hydrogen) atoms. The Morgan fingerprint density at radius 1 is 1.28 bits per heavy atom. The number of hydrogen-bond acceptors (Lipinski definition) is 3. The Morgan fingerprint density at radius 2 is 1.94 bits per heavy atom. The van der Waals surface area contributed by atoms with E-state index in [-0.39, 0.29) is 18.2 Å². The number of anilines is 1. The van der Waals surface area contributed by atoms with E-state index >= 15 is 0 Å². The first kappa shape index (κ1) is 12.5. The molecular weight excluding hydrogens is 230 g/mol. The first-order valence-corrected chi connectivity index (χ1v) is 5.92. The standard InChI is InChI=1S/C14H15NO3/c1-8(2)11(16)7-15-12-9(3)5-4-6-10(12)13(17)14(15)18/h4-6,8H,7H2,1-3H3. The third kappa shape index (κ3) is 1.83. The summed E-state index contributed by atoms with van der Waals surface area (Å²) in [5.74, 6) is -1.33. The van der Waals surface area contributed by atoms with Crippen LogP contribution >= 0.6 is 0 Å². The van der Waals surface area contributed by atoms with Crippen LogP contribution in [0.2, 0.25) is 0 Å². The van der Waals surface area contributed by atoms with Crippen LogP contribution in [0.1, 0.15) is 29.8 Å². The molecular formula is C14H15NO3. The van der Waals surface area contributed by atoms with Gasteiger partial charge in [-0.3, -0.25) is 19.3 Å². The van der Waals surface area contributed by atoms with Gasteiger partial charge in [-0.25, -0.2) is 0 Å². The van der Waals surface area contributed by atoms with Crippen LogP contribution in [0.3, 0.4) is 0 Å². The van der Waals surface area contributed by atoms with E-state index in [1.165, 1.54) is 4.90 Å². The summed E-state index contributed by atoms with van der Waals surface area (Å²) in [7, 11) is 0. The summed E-state index contributed by atoms with van der Waals surface area (Å²) in [5.41, 5.74) is 1.82. The SMILES string of the molecule is Cc1cccc2c1N(CC(=O)C(C)C)C(=O)C2=O. The zero-order valence-corrected chi connectivity index (χ0v) is 10.7. The van der Waals surface area contributed by atoms with Crippen molar-refractivity contribution in [2.75, 3.05) is 11.4 Å². The maximum atomic E-state index is 11.9. The first-order valence-electron chi connectivity index (χ1n) is 5.92. The molecule has 94 valence electrons. The van der Waals surface area contributed by atoms with E-state index in [2.05, 4.69) is 0 Å². The molecule has 0 aliphatic carbocycles. The second kappa shape index (κ2) is 4.37. The predicted octanol–water partition coefficient (Wildman–Crippen LogP) is 1.75. The third-order valence-electron chi connectivity index (χ3n) is 3.15. The normalized spacial score (nSPS) is 14.3. The van der Waals surface area contributed by atoms with Crippen LogP contribution < -0.4 is 4.90 Å². The summed E-state index contributed by atoms with van der Waals surface area (Å²) >= 11 is 0. The minimum Gasteiger partial charge on any atom is -0.297 e. The smallest absolute Gasteiger partial charge is 0.297 e. The molecule has 4 nitrogen and oxygen atoms in total. The summed E-state index contributed by atoms with van der Waals surface area (Å²) < 4.78 is 0. The maximum absolute atomic E-state index is 11.9. The highest BCUT2D eigenvalue weighted by atomic mass is 16.2. The van der Waals surface area contributed by atoms with Crippen LogP contribution in [0.25, 0.3) is 0 Å². The minimum absolute atomic E-state index is 0.0277. The van der Waals surface area contributed by atoms with Crippen molar-refractivity contribution in [2.24, 2.45) is 5.92 Å². The van der Waals surface area contributed by atoms with Crippen LogP contribution in [-0.4, -0.2) is 24.0 Å². The van der Waals surface area contributed by atoms with Gasteiger partial charge < -0.3 is 0 Å². The number of carbonyl (C=O) groups is 3. The number of aryl methyl sites for hydroxylation is 1. The fourth-order valence-corrected chi connectivity index (χ4v) is 2.03. The van der Waals surface area contributed by atoms with Gasteiger partial charge in [0.15, 0.2) is 5.78 Å². The fraction of sp³-hybridized carbons (Fsp3) is 0.357. The number of ketones is 2. The molecule has 0 N–H and O–H groups in total. The Hall–Kier alpha value is -1.97. The van der Waals surface area contributed by atoms with Crippen LogP contribution in [0.4, 0.5) is 5.69 Å². The highest BCUT2D eigenvalue weighted by Crippen LogP contribution is 2.32. The lowest BCUT2D eigenvalue weighted by Gasteiger charge is -2.18. The Kier molecular flexibility index (Phi) is 3.03. The average Bonchev–Trinajstić information content (AvgIpc) is 2.56. The highest BCUT2D eigenvalue weighted by molar-refractivity contribution is 6.52. The van der Waals surface area contributed by atoms with E-state index < -0.39 is 11.7 Å². The molecule has 0 bridgehead atoms. The highest BCUT2D eigenvalue weighted by Gasteiger charge is 2.37. The molecule has 0 saturated heterocycles. The lowest BCUT2D eigenvalue weighted by Crippen LogP contribution is -2.36. The van der Waals surface area contributed by atoms with Crippen LogP contribution in [0.5, 0.6) is 0 Å². The number of fused-ring (bicyclic) bond motifs is 1. The molecule has 1 aliphatic heterocycles. The van der Waals surface area contributed by atoms with Crippen LogP contribution in [-0.2, 0) is 9.59 Å². The maximum Gasteiger partial charge on any atom is 0.299 e. The van der Waals surface area contributed by atoms with E-state index in [4.69, 9.17) is 0 Å². The topological polar surface area (TPSA) is 54.5 Å². The van der Waals surface area contributed by atoms with Gasteiger partial charge in [0.25, 0.3) is 11.7 Å². The minimum atomic E-state index is -0.603. The molecule has 0 unspecified atom stereocenters. The van der Waals surface area contributed by atoms with E-state index in [1.807, 2.05) is 13.0 Å². The van der Waals surface area contributed by atoms with Gasteiger partial charge in [-0.1, -0.05) is 26.0 Å². The molecule has 0 spiro atoms. The summed E-state index contributed by atoms with van der Waals surface area (Å²) in [6.45, 7) is 5.37. The molecule has 4 heteroatoms. The quantitative estimate of drug-likeness (QED) is 0.762. The van der Waals surface area contributed by atoms with Gasteiger partial charge in [0.2, 0.25) is 0 Å². The van der Waals surface area contributed by atoms with Crippen molar-refractivity contribution >= 4 is 23.2 Å². The van der Waals surface area contributed by atoms with Gasteiger partial charge in [0.1, 0.15) is 0 Å². The zero-order chi connectivity index (χ0) is 13.4. The average molecular weight is 245 g/mol. The second-order valence-corrected chi connectivity index (χ2v) is 4.81. The number of hydrogen-bond donors (Lipinski definition) is 0. The summed E-state index contributed by atoms with van der Waals surface area (Å²) in [6.07, 6.45) is 0. The Labute approximate surface area is 106 Å². The molecule has 1 aromatic carbocycles. The molecule has 0 radical (unpaired) electrons. The van der Waals surface area contributed by atoms with Gasteiger partial charge in [-0.2, -0.15) is 0 Å². The van der Waals surface area contributed by atoms with Crippen molar-refractivity contribution in [1.82, 2.24) is 0 Å². The Bertz CT molecular complexity index is 546. The van der Waals surface area contributed by atoms with Crippen molar-refractivity contribution in [3.8, 4) is 0 Å². The van der Waals surface area contributed by atoms with Gasteiger partial charge >= 0.3 is 0 Å². The molecule has 1 aromatic rings. The van der Waals surface area contributed by atoms with Gasteiger partial charge in [0.05, 0.1) is 17.8 Å². The molecule has 0 fully saturated rings. The molecule has 1 heterocycles. The van der Waals surface area contributed by atoms with Crippen molar-refractivity contribution in [2.45, 2.75) is 20.8 Å². The van der Waals surface area contributed by atoms with E-state index in [0.717, 1.165) is 5.56 Å². The number of rotatable bonds is 3. The van der Waals surface area contributed by atoms with Gasteiger partial charge in [0, 0.05) is 5.92 Å². The first-order chi connectivity index (χ1) is 8.43. The number of para-hydroxylation sites is 1. The number of nitrogens with zero attached hydrogens (tertiary/aromatic N) is 1. The van der Waals surface area contributed by atoms with E-state index in [0.29, 0.717) is 11.3 Å². The van der Waals surface area contributed by atoms with Crippen molar-refractivity contribution in [3.63, 3.8) is 0 Å². The van der Waals surface area contributed by atoms with Crippen LogP contribution in [0, 0.1) is 12.8 Å². The summed E-state index contributed by atoms with van der Waals surface area (Å²) in [6, 6.07) is 5.20. The zero-order valence-electron chi connectivity index (χ0n) is 10.7. The lowest BCUT2D eigenvalue weighted by molar-refractivity contribution is -0.122. The largest absolute Gasteiger partial charge is 0.299 e. The van der Waals surface area contributed by atoms with E-state index in [1.54, 1.807) is 26.0 Å².